The minimum Gasteiger partial charge on any atom is -0.409 e. The van der Waals surface area contributed by atoms with Crippen LogP contribution in [0.2, 0.25) is 0 Å². The van der Waals surface area contributed by atoms with E-state index in [1.54, 1.807) is 11.9 Å². The molecule has 0 aromatic heterocycles. The van der Waals surface area contributed by atoms with Gasteiger partial charge in [-0.2, -0.15) is 0 Å². The van der Waals surface area contributed by atoms with Gasteiger partial charge in [-0.25, -0.2) is 0 Å². The maximum Gasteiger partial charge on any atom is 0.233 e. The van der Waals surface area contributed by atoms with Crippen LogP contribution >= 0.6 is 0 Å². The van der Waals surface area contributed by atoms with E-state index < -0.39 is 5.92 Å². The van der Waals surface area contributed by atoms with Crippen molar-refractivity contribution in [2.24, 2.45) is 16.8 Å². The Bertz CT molecular complexity index is 301. The van der Waals surface area contributed by atoms with Gasteiger partial charge in [-0.05, 0) is 19.3 Å². The summed E-state index contributed by atoms with van der Waals surface area (Å²) in [6.45, 7) is 3.34. The van der Waals surface area contributed by atoms with Crippen molar-refractivity contribution in [1.29, 1.82) is 0 Å². The number of ether oxygens (including phenoxy) is 1. The Morgan fingerprint density at radius 2 is 2.17 bits per heavy atom. The molecule has 0 spiro atoms. The van der Waals surface area contributed by atoms with Crippen LogP contribution in [0.1, 0.15) is 32.6 Å². The van der Waals surface area contributed by atoms with E-state index in [0.717, 1.165) is 19.3 Å². The molecular formula is C12H23N3O3. The highest BCUT2D eigenvalue weighted by Crippen LogP contribution is 2.17. The SMILES string of the molecule is CCCC(C(=O)N(C)C1CCOCC1)C(N)=NO. The lowest BCUT2D eigenvalue weighted by atomic mass is 9.98. The zero-order valence-corrected chi connectivity index (χ0v) is 11.1. The number of hydrogen-bond acceptors (Lipinski definition) is 4. The molecule has 1 amide bonds. The van der Waals surface area contributed by atoms with E-state index in [4.69, 9.17) is 15.7 Å². The van der Waals surface area contributed by atoms with Crippen LogP contribution in [-0.2, 0) is 9.53 Å². The third-order valence-corrected chi connectivity index (χ3v) is 3.43. The molecule has 1 rings (SSSR count). The van der Waals surface area contributed by atoms with Crippen LogP contribution in [-0.4, -0.2) is 48.2 Å². The van der Waals surface area contributed by atoms with E-state index in [-0.39, 0.29) is 17.8 Å². The Morgan fingerprint density at radius 3 is 2.67 bits per heavy atom. The summed E-state index contributed by atoms with van der Waals surface area (Å²) in [7, 11) is 1.78. The number of carbonyl (C=O) groups excluding carboxylic acids is 1. The molecule has 1 aliphatic rings. The van der Waals surface area contributed by atoms with Crippen LogP contribution < -0.4 is 5.73 Å². The van der Waals surface area contributed by atoms with Gasteiger partial charge in [0, 0.05) is 26.3 Å². The molecule has 0 aromatic carbocycles. The summed E-state index contributed by atoms with van der Waals surface area (Å²) in [5, 5.41) is 11.7. The molecule has 1 unspecified atom stereocenters. The molecule has 0 aliphatic carbocycles. The average Bonchev–Trinajstić information content (AvgIpc) is 2.43. The van der Waals surface area contributed by atoms with Crippen LogP contribution in [0.5, 0.6) is 0 Å². The zero-order valence-electron chi connectivity index (χ0n) is 11.1. The Labute approximate surface area is 108 Å². The highest BCUT2D eigenvalue weighted by Gasteiger charge is 2.30. The number of hydrogen-bond donors (Lipinski definition) is 2. The fourth-order valence-electron chi connectivity index (χ4n) is 2.25. The molecule has 1 aliphatic heterocycles. The predicted octanol–water partition coefficient (Wildman–Crippen LogP) is 0.787. The topological polar surface area (TPSA) is 88.2 Å². The van der Waals surface area contributed by atoms with E-state index in [1.807, 2.05) is 6.92 Å². The first-order chi connectivity index (χ1) is 8.61. The van der Waals surface area contributed by atoms with Crippen LogP contribution in [0, 0.1) is 5.92 Å². The lowest BCUT2D eigenvalue weighted by Crippen LogP contribution is -2.46. The fourth-order valence-corrected chi connectivity index (χ4v) is 2.25. The zero-order chi connectivity index (χ0) is 13.5. The molecule has 0 bridgehead atoms. The smallest absolute Gasteiger partial charge is 0.233 e. The van der Waals surface area contributed by atoms with Crippen molar-refractivity contribution in [2.75, 3.05) is 20.3 Å². The van der Waals surface area contributed by atoms with E-state index in [9.17, 15) is 4.79 Å². The molecule has 1 fully saturated rings. The van der Waals surface area contributed by atoms with Crippen LogP contribution in [0.4, 0.5) is 0 Å². The summed E-state index contributed by atoms with van der Waals surface area (Å²) in [6, 6.07) is 0.192. The van der Waals surface area contributed by atoms with Crippen LogP contribution in [0.3, 0.4) is 0 Å². The van der Waals surface area contributed by atoms with Gasteiger partial charge in [0.2, 0.25) is 5.91 Å². The molecule has 1 atom stereocenters. The summed E-state index contributed by atoms with van der Waals surface area (Å²) in [5.41, 5.74) is 5.60. The number of carbonyl (C=O) groups is 1. The first-order valence-corrected chi connectivity index (χ1v) is 6.43. The highest BCUT2D eigenvalue weighted by molar-refractivity contribution is 6.02. The summed E-state index contributed by atoms with van der Waals surface area (Å²) >= 11 is 0. The van der Waals surface area contributed by atoms with Crippen molar-refractivity contribution < 1.29 is 14.7 Å². The Kier molecular flexibility index (Phi) is 5.91. The first kappa shape index (κ1) is 14.8. The normalized spacial score (nSPS) is 19.6. The Morgan fingerprint density at radius 1 is 1.56 bits per heavy atom. The Balaban J connectivity index is 2.68. The first-order valence-electron chi connectivity index (χ1n) is 6.43. The van der Waals surface area contributed by atoms with Crippen LogP contribution in [0.25, 0.3) is 0 Å². The van der Waals surface area contributed by atoms with Crippen LogP contribution in [0.15, 0.2) is 5.16 Å². The molecule has 1 saturated heterocycles. The third kappa shape index (κ3) is 3.60. The second-order valence-electron chi connectivity index (χ2n) is 4.66. The van der Waals surface area contributed by atoms with Gasteiger partial charge in [-0.1, -0.05) is 18.5 Å². The van der Waals surface area contributed by atoms with E-state index in [0.29, 0.717) is 19.6 Å². The molecule has 6 heteroatoms. The monoisotopic (exact) mass is 257 g/mol. The van der Waals surface area contributed by atoms with Crippen molar-refractivity contribution >= 4 is 11.7 Å². The number of rotatable bonds is 5. The maximum atomic E-state index is 12.3. The number of nitrogens with two attached hydrogens (primary N) is 1. The van der Waals surface area contributed by atoms with Crippen molar-refractivity contribution in [3.8, 4) is 0 Å². The molecule has 104 valence electrons. The quantitative estimate of drug-likeness (QED) is 0.330. The third-order valence-electron chi connectivity index (χ3n) is 3.43. The van der Waals surface area contributed by atoms with Gasteiger partial charge in [0.1, 0.15) is 0 Å². The molecule has 0 aromatic rings. The number of nitrogens with zero attached hydrogens (tertiary/aromatic N) is 2. The summed E-state index contributed by atoms with van der Waals surface area (Å²) in [6.07, 6.45) is 3.10. The minimum atomic E-state index is -0.521. The summed E-state index contributed by atoms with van der Waals surface area (Å²) in [5.74, 6) is -0.590. The van der Waals surface area contributed by atoms with Gasteiger partial charge < -0.3 is 20.6 Å². The molecule has 0 saturated carbocycles. The van der Waals surface area contributed by atoms with Crippen molar-refractivity contribution in [3.63, 3.8) is 0 Å². The molecule has 6 nitrogen and oxygen atoms in total. The number of amidine groups is 1. The molecule has 1 heterocycles. The average molecular weight is 257 g/mol. The van der Waals surface area contributed by atoms with Gasteiger partial charge in [0.25, 0.3) is 0 Å². The van der Waals surface area contributed by atoms with Crippen molar-refractivity contribution in [3.05, 3.63) is 0 Å². The van der Waals surface area contributed by atoms with E-state index in [1.165, 1.54) is 0 Å². The molecule has 18 heavy (non-hydrogen) atoms. The number of amides is 1. The van der Waals surface area contributed by atoms with Gasteiger partial charge >= 0.3 is 0 Å². The molecular weight excluding hydrogens is 234 g/mol. The van der Waals surface area contributed by atoms with E-state index >= 15 is 0 Å². The minimum absolute atomic E-state index is 0.000703. The Hall–Kier alpha value is -1.30. The van der Waals surface area contributed by atoms with Gasteiger partial charge in [-0.3, -0.25) is 4.79 Å². The lowest BCUT2D eigenvalue weighted by Gasteiger charge is -2.33. The fraction of sp³-hybridized carbons (Fsp3) is 0.833. The number of oxime groups is 1. The van der Waals surface area contributed by atoms with Gasteiger partial charge in [0.05, 0.1) is 5.92 Å². The van der Waals surface area contributed by atoms with E-state index in [2.05, 4.69) is 5.16 Å². The molecule has 0 radical (unpaired) electrons. The second kappa shape index (κ2) is 7.20. The second-order valence-corrected chi connectivity index (χ2v) is 4.66. The highest BCUT2D eigenvalue weighted by atomic mass is 16.5. The van der Waals surface area contributed by atoms with Gasteiger partial charge in [-0.15, -0.1) is 0 Å². The standard InChI is InChI=1S/C12H23N3O3/c1-3-4-10(11(13)14-17)12(16)15(2)9-5-7-18-8-6-9/h9-10,17H,3-8H2,1-2H3,(H2,13,14). The summed E-state index contributed by atoms with van der Waals surface area (Å²) in [4.78, 5) is 14.1. The predicted molar refractivity (Wildman–Crippen MR) is 68.4 cm³/mol. The van der Waals surface area contributed by atoms with Crippen molar-refractivity contribution in [2.45, 2.75) is 38.6 Å². The molecule has 3 N–H and O–H groups in total. The lowest BCUT2D eigenvalue weighted by molar-refractivity contribution is -0.136. The van der Waals surface area contributed by atoms with Crippen molar-refractivity contribution in [1.82, 2.24) is 4.90 Å². The maximum absolute atomic E-state index is 12.3. The van der Waals surface area contributed by atoms with Gasteiger partial charge in [0.15, 0.2) is 5.84 Å². The summed E-state index contributed by atoms with van der Waals surface area (Å²) < 4.78 is 5.28. The largest absolute Gasteiger partial charge is 0.409 e.